The Balaban J connectivity index is 0.00000264. The van der Waals surface area contributed by atoms with E-state index >= 15 is 0 Å². The number of carbonyl (C=O) groups is 1. The lowest BCUT2D eigenvalue weighted by molar-refractivity contribution is -0.117. The van der Waals surface area contributed by atoms with Gasteiger partial charge in [0, 0.05) is 12.5 Å². The molecular formula is C17H27ClN2O3. The molecule has 0 aliphatic carbocycles. The normalized spacial score (nSPS) is 16.1. The fraction of sp³-hybridized carbons (Fsp3) is 0.588. The van der Waals surface area contributed by atoms with Crippen molar-refractivity contribution in [3.63, 3.8) is 0 Å². The van der Waals surface area contributed by atoms with E-state index in [1.165, 1.54) is 0 Å². The van der Waals surface area contributed by atoms with Crippen molar-refractivity contribution in [3.05, 3.63) is 18.2 Å². The van der Waals surface area contributed by atoms with Crippen molar-refractivity contribution in [2.24, 2.45) is 11.8 Å². The highest BCUT2D eigenvalue weighted by molar-refractivity contribution is 5.92. The van der Waals surface area contributed by atoms with E-state index in [9.17, 15) is 4.79 Å². The monoisotopic (exact) mass is 342 g/mol. The van der Waals surface area contributed by atoms with Crippen molar-refractivity contribution in [1.29, 1.82) is 0 Å². The molecule has 1 heterocycles. The fourth-order valence-corrected chi connectivity index (χ4v) is 2.99. The number of benzene rings is 1. The molecule has 1 unspecified atom stereocenters. The Morgan fingerprint density at radius 2 is 2.00 bits per heavy atom. The summed E-state index contributed by atoms with van der Waals surface area (Å²) in [6, 6.07) is 5.39. The van der Waals surface area contributed by atoms with Crippen LogP contribution in [0.5, 0.6) is 11.5 Å². The number of halogens is 1. The molecule has 1 amide bonds. The van der Waals surface area contributed by atoms with Crippen LogP contribution >= 0.6 is 12.4 Å². The molecule has 1 aliphatic heterocycles. The smallest absolute Gasteiger partial charge is 0.224 e. The number of hydrogen-bond acceptors (Lipinski definition) is 4. The first-order chi connectivity index (χ1) is 10.6. The quantitative estimate of drug-likeness (QED) is 0.834. The average molecular weight is 343 g/mol. The maximum atomic E-state index is 12.3. The van der Waals surface area contributed by atoms with Gasteiger partial charge in [0.2, 0.25) is 5.91 Å². The van der Waals surface area contributed by atoms with Gasteiger partial charge in [-0.3, -0.25) is 4.79 Å². The Morgan fingerprint density at radius 3 is 2.61 bits per heavy atom. The van der Waals surface area contributed by atoms with E-state index in [0.717, 1.165) is 25.9 Å². The van der Waals surface area contributed by atoms with Gasteiger partial charge < -0.3 is 20.1 Å². The number of methoxy groups -OCH3 is 2. The number of carbonyl (C=O) groups excluding carboxylic acids is 1. The summed E-state index contributed by atoms with van der Waals surface area (Å²) in [6.45, 7) is 4.28. The molecule has 0 radical (unpaired) electrons. The first-order valence-corrected chi connectivity index (χ1v) is 7.86. The van der Waals surface area contributed by atoms with E-state index in [2.05, 4.69) is 17.6 Å². The lowest BCUT2D eigenvalue weighted by Crippen LogP contribution is -2.32. The van der Waals surface area contributed by atoms with Crippen LogP contribution in [0.25, 0.3) is 0 Å². The van der Waals surface area contributed by atoms with Gasteiger partial charge in [-0.1, -0.05) is 6.92 Å². The van der Waals surface area contributed by atoms with Gasteiger partial charge in [0.25, 0.3) is 0 Å². The van der Waals surface area contributed by atoms with Gasteiger partial charge in [-0.25, -0.2) is 0 Å². The van der Waals surface area contributed by atoms with Gasteiger partial charge in [0.1, 0.15) is 11.5 Å². The Hall–Kier alpha value is -1.46. The maximum Gasteiger partial charge on any atom is 0.224 e. The third kappa shape index (κ3) is 5.59. The number of amides is 1. The molecule has 1 aliphatic rings. The summed E-state index contributed by atoms with van der Waals surface area (Å²) in [6.07, 6.45) is 2.83. The Kier molecular flexibility index (Phi) is 8.20. The minimum absolute atomic E-state index is 0. The SMILES string of the molecule is COc1ccc(OC)c(NC(=O)CC(C)C2CCNCC2)c1.Cl. The van der Waals surface area contributed by atoms with Crippen LogP contribution in [-0.2, 0) is 4.79 Å². The number of hydrogen-bond donors (Lipinski definition) is 2. The van der Waals surface area contributed by atoms with Gasteiger partial charge in [-0.05, 0) is 49.9 Å². The van der Waals surface area contributed by atoms with Crippen molar-refractivity contribution in [2.45, 2.75) is 26.2 Å². The zero-order chi connectivity index (χ0) is 15.9. The molecule has 2 rings (SSSR count). The molecule has 1 saturated heterocycles. The summed E-state index contributed by atoms with van der Waals surface area (Å²) in [5.74, 6) is 2.38. The van der Waals surface area contributed by atoms with Crippen LogP contribution in [0.1, 0.15) is 26.2 Å². The van der Waals surface area contributed by atoms with E-state index in [1.54, 1.807) is 26.4 Å². The third-order valence-corrected chi connectivity index (χ3v) is 4.38. The summed E-state index contributed by atoms with van der Waals surface area (Å²) in [4.78, 5) is 12.3. The number of nitrogens with one attached hydrogen (secondary N) is 2. The molecule has 1 atom stereocenters. The second-order valence-electron chi connectivity index (χ2n) is 5.88. The molecule has 5 nitrogen and oxygen atoms in total. The molecule has 1 aromatic carbocycles. The van der Waals surface area contributed by atoms with Crippen molar-refractivity contribution in [2.75, 3.05) is 32.6 Å². The molecule has 0 spiro atoms. The fourth-order valence-electron chi connectivity index (χ4n) is 2.99. The summed E-state index contributed by atoms with van der Waals surface area (Å²) in [5.41, 5.74) is 0.657. The topological polar surface area (TPSA) is 59.6 Å². The van der Waals surface area contributed by atoms with Crippen LogP contribution in [0, 0.1) is 11.8 Å². The van der Waals surface area contributed by atoms with Gasteiger partial charge in [-0.15, -0.1) is 12.4 Å². The highest BCUT2D eigenvalue weighted by Gasteiger charge is 2.22. The van der Waals surface area contributed by atoms with E-state index in [1.807, 2.05) is 6.07 Å². The number of piperidine rings is 1. The number of anilines is 1. The van der Waals surface area contributed by atoms with Gasteiger partial charge in [0.15, 0.2) is 0 Å². The van der Waals surface area contributed by atoms with Crippen LogP contribution in [0.15, 0.2) is 18.2 Å². The van der Waals surface area contributed by atoms with E-state index in [0.29, 0.717) is 35.4 Å². The minimum Gasteiger partial charge on any atom is -0.497 e. The predicted octanol–water partition coefficient (Wildman–Crippen LogP) is 3.09. The van der Waals surface area contributed by atoms with E-state index < -0.39 is 0 Å². The van der Waals surface area contributed by atoms with Gasteiger partial charge in [0.05, 0.1) is 19.9 Å². The second kappa shape index (κ2) is 9.63. The zero-order valence-corrected chi connectivity index (χ0v) is 14.9. The average Bonchev–Trinajstić information content (AvgIpc) is 2.55. The molecule has 130 valence electrons. The number of ether oxygens (including phenoxy) is 2. The molecule has 1 fully saturated rings. The van der Waals surface area contributed by atoms with Crippen molar-refractivity contribution in [1.82, 2.24) is 5.32 Å². The first kappa shape index (κ1) is 19.6. The molecular weight excluding hydrogens is 316 g/mol. The maximum absolute atomic E-state index is 12.3. The largest absolute Gasteiger partial charge is 0.497 e. The standard InChI is InChI=1S/C17H26N2O3.ClH/c1-12(13-6-8-18-9-7-13)10-17(20)19-15-11-14(21-2)4-5-16(15)22-3;/h4-5,11-13,18H,6-10H2,1-3H3,(H,19,20);1H. The molecule has 0 bridgehead atoms. The molecule has 6 heteroatoms. The second-order valence-corrected chi connectivity index (χ2v) is 5.88. The summed E-state index contributed by atoms with van der Waals surface area (Å²) in [5, 5.41) is 6.31. The van der Waals surface area contributed by atoms with Crippen LogP contribution in [-0.4, -0.2) is 33.2 Å². The highest BCUT2D eigenvalue weighted by Crippen LogP contribution is 2.30. The minimum atomic E-state index is 0. The van der Waals surface area contributed by atoms with Crippen molar-refractivity contribution < 1.29 is 14.3 Å². The molecule has 1 aromatic rings. The zero-order valence-electron chi connectivity index (χ0n) is 14.1. The Labute approximate surface area is 144 Å². The summed E-state index contributed by atoms with van der Waals surface area (Å²) < 4.78 is 10.5. The Bertz CT molecular complexity index is 505. The lowest BCUT2D eigenvalue weighted by atomic mass is 9.84. The molecule has 2 N–H and O–H groups in total. The van der Waals surface area contributed by atoms with Crippen LogP contribution < -0.4 is 20.1 Å². The van der Waals surface area contributed by atoms with Crippen LogP contribution in [0.2, 0.25) is 0 Å². The van der Waals surface area contributed by atoms with E-state index in [4.69, 9.17) is 9.47 Å². The third-order valence-electron chi connectivity index (χ3n) is 4.38. The molecule has 0 aromatic heterocycles. The van der Waals surface area contributed by atoms with Gasteiger partial charge in [-0.2, -0.15) is 0 Å². The Morgan fingerprint density at radius 1 is 1.30 bits per heavy atom. The molecule has 0 saturated carbocycles. The van der Waals surface area contributed by atoms with Crippen LogP contribution in [0.4, 0.5) is 5.69 Å². The van der Waals surface area contributed by atoms with E-state index in [-0.39, 0.29) is 18.3 Å². The molecule has 23 heavy (non-hydrogen) atoms. The predicted molar refractivity (Wildman–Crippen MR) is 94.8 cm³/mol. The van der Waals surface area contributed by atoms with Crippen molar-refractivity contribution in [3.8, 4) is 11.5 Å². The lowest BCUT2D eigenvalue weighted by Gasteiger charge is -2.28. The summed E-state index contributed by atoms with van der Waals surface area (Å²) >= 11 is 0. The first-order valence-electron chi connectivity index (χ1n) is 7.86. The van der Waals surface area contributed by atoms with Crippen molar-refractivity contribution >= 4 is 24.0 Å². The highest BCUT2D eigenvalue weighted by atomic mass is 35.5. The van der Waals surface area contributed by atoms with Crippen LogP contribution in [0.3, 0.4) is 0 Å². The number of rotatable bonds is 6. The van der Waals surface area contributed by atoms with Gasteiger partial charge >= 0.3 is 0 Å². The summed E-state index contributed by atoms with van der Waals surface area (Å²) in [7, 11) is 3.20.